The quantitative estimate of drug-likeness (QED) is 0.186. The van der Waals surface area contributed by atoms with Gasteiger partial charge < -0.3 is 74.7 Å². The third kappa shape index (κ3) is 9.63. The van der Waals surface area contributed by atoms with Gasteiger partial charge in [0.15, 0.2) is 0 Å². The molecule has 0 bridgehead atoms. The summed E-state index contributed by atoms with van der Waals surface area (Å²) in [4.78, 5) is 68.9. The third-order valence-electron chi connectivity index (χ3n) is 16.4. The van der Waals surface area contributed by atoms with Gasteiger partial charge in [-0.25, -0.2) is 0 Å². The van der Waals surface area contributed by atoms with Crippen LogP contribution >= 0.6 is 0 Å². The first-order chi connectivity index (χ1) is 33.9. The molecule has 0 amide bonds. The number of carboxylic acid groups (broad SMARTS) is 6. The van der Waals surface area contributed by atoms with Gasteiger partial charge in [-0.3, -0.25) is 0 Å². The molecule has 3 fully saturated rings. The van der Waals surface area contributed by atoms with Gasteiger partial charge in [-0.1, -0.05) is 62.3 Å². The van der Waals surface area contributed by atoms with E-state index in [1.807, 2.05) is 0 Å². The van der Waals surface area contributed by atoms with Crippen LogP contribution in [-0.4, -0.2) is 105 Å². The van der Waals surface area contributed by atoms with Crippen LogP contribution in [0.15, 0.2) is 35.5 Å². The zero-order valence-corrected chi connectivity index (χ0v) is 46.1. The van der Waals surface area contributed by atoms with E-state index in [-0.39, 0.29) is 98.8 Å². The van der Waals surface area contributed by atoms with E-state index in [2.05, 4.69) is 0 Å². The van der Waals surface area contributed by atoms with Crippen LogP contribution in [0.25, 0.3) is 0 Å². The van der Waals surface area contributed by atoms with Crippen molar-refractivity contribution >= 4 is 35.8 Å². The van der Waals surface area contributed by atoms with Crippen molar-refractivity contribution in [2.45, 2.75) is 136 Å². The molecule has 0 radical (unpaired) electrons. The van der Waals surface area contributed by atoms with Gasteiger partial charge in [0, 0.05) is 34.2 Å². The number of rotatable bonds is 12. The summed E-state index contributed by atoms with van der Waals surface area (Å²) in [6.45, 7) is 4.63. The monoisotopic (exact) mass is 1490 g/mol. The van der Waals surface area contributed by atoms with Gasteiger partial charge in [0.05, 0.1) is 36.7 Å². The summed E-state index contributed by atoms with van der Waals surface area (Å²) in [6, 6.07) is 0. The van der Waals surface area contributed by atoms with Crippen LogP contribution in [0.5, 0.6) is 0 Å². The number of aliphatic carboxylic acids is 6. The van der Waals surface area contributed by atoms with Crippen molar-refractivity contribution in [3.05, 3.63) is 35.5 Å². The normalized spacial score (nSPS) is 30.4. The number of hydrogen-bond donors (Lipinski definition) is 3. The van der Waals surface area contributed by atoms with E-state index in [1.54, 1.807) is 0 Å². The Bertz CT molecular complexity index is 2290. The first kappa shape index (κ1) is 79.2. The number of halogens is 21. The Balaban J connectivity index is 0. The summed E-state index contributed by atoms with van der Waals surface area (Å²) in [5.74, 6) is -55.7. The molecule has 3 N–H and O–H groups in total. The standard InChI is InChI=1S/3C14H15F7O5.2Eu/c3*1-9(2)10(3,7(23)24)4-6(5-22)11(9,8(25)26)12(15,16)13(17,18)14(19,20)21;;/h3*5,22H,4H2,1-3H3,(H,23,24)(H,25,26);;/q;;;2*+3/p-6/b3*6-5-;;. The summed E-state index contributed by atoms with van der Waals surface area (Å²) in [7, 11) is 0. The van der Waals surface area contributed by atoms with Crippen molar-refractivity contribution in [3.63, 3.8) is 0 Å². The Hall–Kier alpha value is -2.86. The Labute approximate surface area is 516 Å². The first-order valence-electron chi connectivity index (χ1n) is 20.7. The number of carboxylic acids is 6. The molecule has 0 aromatic heterocycles. The summed E-state index contributed by atoms with van der Waals surface area (Å²) < 4.78 is 283. The Morgan fingerprint density at radius 2 is 0.475 bits per heavy atom. The molecule has 6 atom stereocenters. The van der Waals surface area contributed by atoms with E-state index in [0.29, 0.717) is 62.3 Å². The number of carbonyl (C=O) groups excluding carboxylic acids is 6. The number of hydrogen-bond acceptors (Lipinski definition) is 15. The molecule has 458 valence electrons. The molecule has 0 saturated heterocycles. The van der Waals surface area contributed by atoms with Crippen LogP contribution < -0.4 is 30.6 Å². The van der Waals surface area contributed by atoms with E-state index in [0.717, 1.165) is 0 Å². The predicted octanol–water partition coefficient (Wildman–Crippen LogP) is 3.55. The van der Waals surface area contributed by atoms with Crippen LogP contribution in [0.1, 0.15) is 81.6 Å². The average Bonchev–Trinajstić information content (AvgIpc) is 3.66. The van der Waals surface area contributed by atoms with Crippen molar-refractivity contribution in [1.29, 1.82) is 0 Å². The van der Waals surface area contributed by atoms with Gasteiger partial charge in [-0.05, 0) is 52.2 Å². The minimum Gasteiger partial charge on any atom is -0.550 e. The van der Waals surface area contributed by atoms with Crippen LogP contribution in [0.4, 0.5) is 92.2 Å². The molecule has 0 aromatic carbocycles. The zero-order valence-electron chi connectivity index (χ0n) is 41.3. The van der Waals surface area contributed by atoms with Crippen molar-refractivity contribution in [1.82, 2.24) is 0 Å². The smallest absolute Gasteiger partial charge is 0.550 e. The van der Waals surface area contributed by atoms with E-state index in [9.17, 15) is 152 Å². The van der Waals surface area contributed by atoms with Crippen molar-refractivity contribution in [3.8, 4) is 0 Å². The van der Waals surface area contributed by atoms with Crippen molar-refractivity contribution in [2.75, 3.05) is 0 Å². The van der Waals surface area contributed by atoms with Gasteiger partial charge >= 0.3 is 153 Å². The maximum absolute atomic E-state index is 14.6. The minimum absolute atomic E-state index is 0. The molecule has 0 aliphatic heterocycles. The fourth-order valence-electron chi connectivity index (χ4n) is 10.6. The van der Waals surface area contributed by atoms with E-state index < -0.39 is 193 Å². The summed E-state index contributed by atoms with van der Waals surface area (Å²) >= 11 is 0. The summed E-state index contributed by atoms with van der Waals surface area (Å²) in [6.07, 6.45) is -25.7. The molecule has 0 aromatic rings. The maximum atomic E-state index is 14.6. The number of carbonyl (C=O) groups is 6. The number of aliphatic hydroxyl groups excluding tert-OH is 3. The third-order valence-corrected chi connectivity index (χ3v) is 16.4. The van der Waals surface area contributed by atoms with Gasteiger partial charge in [0.1, 0.15) is 16.2 Å². The van der Waals surface area contributed by atoms with Crippen molar-refractivity contribution < 1.29 is 266 Å². The molecule has 80 heavy (non-hydrogen) atoms. The van der Waals surface area contributed by atoms with Gasteiger partial charge in [0.2, 0.25) is 0 Å². The Morgan fingerprint density at radius 3 is 0.562 bits per heavy atom. The van der Waals surface area contributed by atoms with Gasteiger partial charge in [-0.15, -0.1) is 0 Å². The Kier molecular flexibility index (Phi) is 22.3. The van der Waals surface area contributed by atoms with Crippen molar-refractivity contribution in [2.24, 2.45) is 48.7 Å². The second-order valence-corrected chi connectivity index (χ2v) is 20.3. The van der Waals surface area contributed by atoms with E-state index in [4.69, 9.17) is 15.3 Å². The van der Waals surface area contributed by atoms with E-state index >= 15 is 0 Å². The number of aliphatic hydroxyl groups is 3. The second-order valence-electron chi connectivity index (χ2n) is 20.3. The fraction of sp³-hybridized carbons (Fsp3) is 0.714. The maximum Gasteiger partial charge on any atom is 3.00 e. The molecule has 3 rings (SSSR count). The predicted molar refractivity (Wildman–Crippen MR) is 197 cm³/mol. The summed E-state index contributed by atoms with van der Waals surface area (Å²) in [5.41, 5.74) is -35.1. The average molecular weight is 1490 g/mol. The molecular formula is C42H39Eu2F21O15. The molecule has 15 nitrogen and oxygen atoms in total. The molecule has 3 saturated carbocycles. The summed E-state index contributed by atoms with van der Waals surface area (Å²) in [5, 5.41) is 96.2. The molecule has 3 aliphatic carbocycles. The molecule has 6 unspecified atom stereocenters. The van der Waals surface area contributed by atoms with Gasteiger partial charge in [-0.2, -0.15) is 92.2 Å². The zero-order chi connectivity index (χ0) is 63.4. The largest absolute Gasteiger partial charge is 3.00 e. The minimum atomic E-state index is -6.89. The van der Waals surface area contributed by atoms with Crippen LogP contribution in [0, 0.1) is 147 Å². The molecule has 0 heterocycles. The SMILES string of the molecule is CC1(C(=O)[O-])C/C(=C/O)C(C(=O)[O-])(C(F)(F)C(F)(F)C(F)(F)F)C1(C)C.CC1(C(=O)[O-])C/C(=C/O)C(C(=O)[O-])(C(F)(F)C(F)(F)C(F)(F)F)C1(C)C.CC1(C(=O)[O-])C/C(=C/O)C(C(=O)[O-])(C(F)(F)C(F)(F)C(F)(F)F)C1(C)C.[Eu+3].[Eu+3]. The molecule has 3 aliphatic rings. The molecular weight excluding hydrogens is 1450 g/mol. The van der Waals surface area contributed by atoms with Crippen LogP contribution in [0.3, 0.4) is 0 Å². The number of alkyl halides is 21. The molecule has 0 spiro atoms. The second kappa shape index (κ2) is 22.5. The Morgan fingerprint density at radius 1 is 0.338 bits per heavy atom. The first-order valence-corrected chi connectivity index (χ1v) is 20.7. The molecule has 38 heteroatoms. The topological polar surface area (TPSA) is 301 Å². The van der Waals surface area contributed by atoms with E-state index in [1.165, 1.54) is 0 Å². The fourth-order valence-corrected chi connectivity index (χ4v) is 10.6. The van der Waals surface area contributed by atoms with Crippen LogP contribution in [-0.2, 0) is 28.8 Å². The van der Waals surface area contributed by atoms with Gasteiger partial charge in [0.25, 0.3) is 0 Å². The van der Waals surface area contributed by atoms with Crippen LogP contribution in [0.2, 0.25) is 0 Å².